The first-order chi connectivity index (χ1) is 9.97. The average molecular weight is 288 g/mol. The lowest BCUT2D eigenvalue weighted by Crippen LogP contribution is -2.30. The van der Waals surface area contributed by atoms with E-state index >= 15 is 0 Å². The van der Waals surface area contributed by atoms with Gasteiger partial charge in [0.05, 0.1) is 12.3 Å². The lowest BCUT2D eigenvalue weighted by Gasteiger charge is -2.17. The molecule has 21 heavy (non-hydrogen) atoms. The van der Waals surface area contributed by atoms with Gasteiger partial charge in [-0.2, -0.15) is 5.10 Å². The van der Waals surface area contributed by atoms with Crippen molar-refractivity contribution in [2.24, 2.45) is 5.92 Å². The summed E-state index contributed by atoms with van der Waals surface area (Å²) in [5.74, 6) is 0.109. The van der Waals surface area contributed by atoms with Crippen molar-refractivity contribution in [2.75, 3.05) is 13.1 Å². The van der Waals surface area contributed by atoms with Crippen LogP contribution in [-0.2, 0) is 0 Å². The maximum Gasteiger partial charge on any atom is 0.259 e. The third kappa shape index (κ3) is 2.40. The molecular formula is C15H20N4O2. The Morgan fingerprint density at radius 2 is 2.24 bits per heavy atom. The number of aromatic nitrogens is 3. The van der Waals surface area contributed by atoms with Crippen LogP contribution in [0.1, 0.15) is 35.1 Å². The van der Waals surface area contributed by atoms with E-state index in [2.05, 4.69) is 10.1 Å². The first-order valence-corrected chi connectivity index (χ1v) is 7.26. The molecule has 1 N–H and O–H groups in total. The van der Waals surface area contributed by atoms with Crippen LogP contribution in [-0.4, -0.2) is 49.7 Å². The Hall–Kier alpha value is -1.95. The summed E-state index contributed by atoms with van der Waals surface area (Å²) in [5, 5.41) is 13.9. The molecule has 1 aliphatic heterocycles. The fourth-order valence-corrected chi connectivity index (χ4v) is 2.96. The summed E-state index contributed by atoms with van der Waals surface area (Å²) in [6.45, 7) is 6.91. The Balaban J connectivity index is 1.92. The second-order valence-corrected chi connectivity index (χ2v) is 5.87. The molecule has 0 radical (unpaired) electrons. The SMILES string of the molecule is Cc1cc(C)n2ncc(C(=O)N3CCC(C(C)O)C3)c2n1. The third-order valence-corrected chi connectivity index (χ3v) is 4.20. The number of nitrogens with zero attached hydrogens (tertiary/aromatic N) is 4. The standard InChI is InChI=1S/C15H20N4O2/c1-9-6-10(2)19-14(17-9)13(7-16-19)15(21)18-5-4-12(8-18)11(3)20/h6-7,11-12,20H,4-5,8H2,1-3H3. The van der Waals surface area contributed by atoms with E-state index in [4.69, 9.17) is 0 Å². The third-order valence-electron chi connectivity index (χ3n) is 4.20. The van der Waals surface area contributed by atoms with Crippen LogP contribution in [0.5, 0.6) is 0 Å². The van der Waals surface area contributed by atoms with E-state index in [9.17, 15) is 9.90 Å². The van der Waals surface area contributed by atoms with Crippen LogP contribution in [0.4, 0.5) is 0 Å². The molecule has 2 aromatic heterocycles. The number of aliphatic hydroxyl groups excluding tert-OH is 1. The van der Waals surface area contributed by atoms with Gasteiger partial charge < -0.3 is 10.0 Å². The fraction of sp³-hybridized carbons (Fsp3) is 0.533. The maximum atomic E-state index is 12.7. The van der Waals surface area contributed by atoms with Crippen LogP contribution in [0.25, 0.3) is 5.65 Å². The topological polar surface area (TPSA) is 70.7 Å². The molecule has 6 heteroatoms. The van der Waals surface area contributed by atoms with Crippen molar-refractivity contribution in [1.82, 2.24) is 19.5 Å². The highest BCUT2D eigenvalue weighted by Crippen LogP contribution is 2.23. The zero-order valence-electron chi connectivity index (χ0n) is 12.6. The van der Waals surface area contributed by atoms with E-state index in [-0.39, 0.29) is 17.9 Å². The van der Waals surface area contributed by atoms with Crippen molar-refractivity contribution in [3.05, 3.63) is 29.2 Å². The number of carbonyl (C=O) groups excluding carboxylic acids is 1. The molecule has 0 aromatic carbocycles. The molecule has 1 amide bonds. The van der Waals surface area contributed by atoms with Gasteiger partial charge in [-0.05, 0) is 33.3 Å². The van der Waals surface area contributed by atoms with Crippen molar-refractivity contribution in [1.29, 1.82) is 0 Å². The molecule has 2 unspecified atom stereocenters. The number of aliphatic hydroxyl groups is 1. The number of amides is 1. The number of aryl methyl sites for hydroxylation is 2. The van der Waals surface area contributed by atoms with E-state index in [1.807, 2.05) is 19.9 Å². The molecule has 0 bridgehead atoms. The highest BCUT2D eigenvalue weighted by molar-refractivity contribution is 5.99. The molecule has 1 aliphatic rings. The maximum absolute atomic E-state index is 12.7. The molecule has 0 saturated carbocycles. The predicted octanol–water partition coefficient (Wildman–Crippen LogP) is 1.19. The molecule has 2 atom stereocenters. The van der Waals surface area contributed by atoms with Crippen LogP contribution >= 0.6 is 0 Å². The summed E-state index contributed by atoms with van der Waals surface area (Å²) >= 11 is 0. The van der Waals surface area contributed by atoms with Crippen LogP contribution in [0.3, 0.4) is 0 Å². The summed E-state index contributed by atoms with van der Waals surface area (Å²) in [4.78, 5) is 18.9. The van der Waals surface area contributed by atoms with Crippen LogP contribution < -0.4 is 0 Å². The van der Waals surface area contributed by atoms with Crippen LogP contribution in [0.15, 0.2) is 12.3 Å². The van der Waals surface area contributed by atoms with Crippen molar-refractivity contribution >= 4 is 11.6 Å². The minimum Gasteiger partial charge on any atom is -0.393 e. The minimum atomic E-state index is -0.380. The Kier molecular flexibility index (Phi) is 3.41. The second kappa shape index (κ2) is 5.11. The van der Waals surface area contributed by atoms with Crippen molar-refractivity contribution in [2.45, 2.75) is 33.3 Å². The van der Waals surface area contributed by atoms with E-state index in [1.54, 1.807) is 22.5 Å². The van der Waals surface area contributed by atoms with Crippen molar-refractivity contribution < 1.29 is 9.90 Å². The van der Waals surface area contributed by atoms with Crippen molar-refractivity contribution in [3.8, 4) is 0 Å². The van der Waals surface area contributed by atoms with Gasteiger partial charge >= 0.3 is 0 Å². The van der Waals surface area contributed by atoms with E-state index in [1.165, 1.54) is 0 Å². The molecule has 112 valence electrons. The highest BCUT2D eigenvalue weighted by Gasteiger charge is 2.31. The summed E-state index contributed by atoms with van der Waals surface area (Å²) < 4.78 is 1.70. The lowest BCUT2D eigenvalue weighted by atomic mass is 10.0. The van der Waals surface area contributed by atoms with Gasteiger partial charge in [-0.15, -0.1) is 0 Å². The molecule has 0 aliphatic carbocycles. The first kappa shape index (κ1) is 14.0. The van der Waals surface area contributed by atoms with Crippen LogP contribution in [0.2, 0.25) is 0 Å². The van der Waals surface area contributed by atoms with Gasteiger partial charge in [0.2, 0.25) is 0 Å². The average Bonchev–Trinajstić information content (AvgIpc) is 3.04. The van der Waals surface area contributed by atoms with Crippen molar-refractivity contribution in [3.63, 3.8) is 0 Å². The van der Waals surface area contributed by atoms with E-state index < -0.39 is 0 Å². The normalized spacial score (nSPS) is 20.2. The number of hydrogen-bond acceptors (Lipinski definition) is 4. The molecule has 2 aromatic rings. The fourth-order valence-electron chi connectivity index (χ4n) is 2.96. The minimum absolute atomic E-state index is 0.0503. The van der Waals surface area contributed by atoms with Gasteiger partial charge in [0.15, 0.2) is 5.65 Å². The molecule has 6 nitrogen and oxygen atoms in total. The smallest absolute Gasteiger partial charge is 0.259 e. The predicted molar refractivity (Wildman–Crippen MR) is 78.2 cm³/mol. The van der Waals surface area contributed by atoms with E-state index in [0.29, 0.717) is 24.3 Å². The molecule has 1 fully saturated rings. The van der Waals surface area contributed by atoms with Gasteiger partial charge in [0, 0.05) is 30.4 Å². The Morgan fingerprint density at radius 3 is 2.90 bits per heavy atom. The number of hydrogen-bond donors (Lipinski definition) is 1. The number of carbonyl (C=O) groups is 1. The molecule has 0 spiro atoms. The van der Waals surface area contributed by atoms with Gasteiger partial charge in [0.1, 0.15) is 5.56 Å². The Morgan fingerprint density at radius 1 is 1.48 bits per heavy atom. The summed E-state index contributed by atoms with van der Waals surface area (Å²) in [6.07, 6.45) is 2.05. The zero-order valence-corrected chi connectivity index (χ0v) is 12.6. The van der Waals surface area contributed by atoms with Crippen LogP contribution in [0, 0.1) is 19.8 Å². The molecule has 3 heterocycles. The van der Waals surface area contributed by atoms with Gasteiger partial charge in [0.25, 0.3) is 5.91 Å². The Labute approximate surface area is 123 Å². The highest BCUT2D eigenvalue weighted by atomic mass is 16.3. The Bertz CT molecular complexity index is 692. The largest absolute Gasteiger partial charge is 0.393 e. The van der Waals surface area contributed by atoms with E-state index in [0.717, 1.165) is 17.8 Å². The number of fused-ring (bicyclic) bond motifs is 1. The lowest BCUT2D eigenvalue weighted by molar-refractivity contribution is 0.0764. The number of likely N-dealkylation sites (tertiary alicyclic amines) is 1. The zero-order chi connectivity index (χ0) is 15.1. The van der Waals surface area contributed by atoms with Gasteiger partial charge in [-0.25, -0.2) is 9.50 Å². The molecular weight excluding hydrogens is 268 g/mol. The van der Waals surface area contributed by atoms with Gasteiger partial charge in [-0.1, -0.05) is 0 Å². The van der Waals surface area contributed by atoms with Gasteiger partial charge in [-0.3, -0.25) is 4.79 Å². The second-order valence-electron chi connectivity index (χ2n) is 5.87. The monoisotopic (exact) mass is 288 g/mol. The summed E-state index contributed by atoms with van der Waals surface area (Å²) in [7, 11) is 0. The molecule has 1 saturated heterocycles. The number of rotatable bonds is 2. The first-order valence-electron chi connectivity index (χ1n) is 7.26. The summed E-state index contributed by atoms with van der Waals surface area (Å²) in [6, 6.07) is 1.94. The molecule has 3 rings (SSSR count). The summed E-state index contributed by atoms with van der Waals surface area (Å²) in [5.41, 5.74) is 2.98. The quantitative estimate of drug-likeness (QED) is 0.901.